The average Bonchev–Trinajstić information content (AvgIpc) is 3.10. The number of nitrogens with zero attached hydrogens (tertiary/aromatic N) is 2. The summed E-state index contributed by atoms with van der Waals surface area (Å²) in [5, 5.41) is 3.28. The number of aromatic nitrogens is 1. The van der Waals surface area contributed by atoms with Gasteiger partial charge < -0.3 is 15.0 Å². The van der Waals surface area contributed by atoms with Crippen LogP contribution in [-0.4, -0.2) is 42.9 Å². The van der Waals surface area contributed by atoms with Crippen molar-refractivity contribution >= 4 is 17.4 Å². The van der Waals surface area contributed by atoms with Crippen LogP contribution in [0.5, 0.6) is 0 Å². The third-order valence-corrected chi connectivity index (χ3v) is 7.34. The molecule has 6 heteroatoms. The van der Waals surface area contributed by atoms with Crippen LogP contribution in [0.1, 0.15) is 64.1 Å². The summed E-state index contributed by atoms with van der Waals surface area (Å²) in [5.41, 5.74) is 2.52. The van der Waals surface area contributed by atoms with E-state index in [4.69, 9.17) is 4.74 Å². The van der Waals surface area contributed by atoms with Gasteiger partial charge in [-0.25, -0.2) is 4.79 Å². The van der Waals surface area contributed by atoms with Crippen molar-refractivity contribution in [3.63, 3.8) is 0 Å². The van der Waals surface area contributed by atoms with Crippen LogP contribution in [0.2, 0.25) is 0 Å². The molecular weight excluding hydrogens is 378 g/mol. The third-order valence-electron chi connectivity index (χ3n) is 7.34. The number of carbonyl (C=O) groups excluding carboxylic acids is 2. The number of hydrogen-bond donors (Lipinski definition) is 1. The van der Waals surface area contributed by atoms with Gasteiger partial charge in [0.1, 0.15) is 5.69 Å². The minimum atomic E-state index is -0.640. The molecule has 4 heterocycles. The number of carbonyl (C=O) groups is 2. The number of Topliss-reactive ketones (excluding diaryl/α,β-unsaturated/α-hetero) is 1. The lowest BCUT2D eigenvalue weighted by molar-refractivity contribution is 0.00158. The molecule has 1 unspecified atom stereocenters. The lowest BCUT2D eigenvalue weighted by Crippen LogP contribution is -2.29. The molecule has 1 aromatic carbocycles. The summed E-state index contributed by atoms with van der Waals surface area (Å²) in [6, 6.07) is 10.3. The van der Waals surface area contributed by atoms with Crippen molar-refractivity contribution in [2.24, 2.45) is 0 Å². The number of pyridine rings is 1. The summed E-state index contributed by atoms with van der Waals surface area (Å²) in [5.74, 6) is -0.460. The van der Waals surface area contributed by atoms with E-state index in [2.05, 4.69) is 39.5 Å². The molecule has 154 valence electrons. The molecule has 1 atom stereocenters. The fourth-order valence-electron chi connectivity index (χ4n) is 5.45. The molecule has 3 aliphatic heterocycles. The average molecular weight is 403 g/mol. The molecule has 2 aromatic rings. The maximum atomic E-state index is 13.7. The Morgan fingerprint density at radius 1 is 1.07 bits per heavy atom. The molecule has 30 heavy (non-hydrogen) atoms. The van der Waals surface area contributed by atoms with Crippen LogP contribution in [0.25, 0.3) is 0 Å². The Morgan fingerprint density at radius 2 is 1.83 bits per heavy atom. The van der Waals surface area contributed by atoms with Crippen LogP contribution >= 0.6 is 0 Å². The molecule has 1 aliphatic carbocycles. The number of rotatable bonds is 4. The van der Waals surface area contributed by atoms with Crippen molar-refractivity contribution in [3.8, 4) is 0 Å². The topological polar surface area (TPSA) is 71.5 Å². The van der Waals surface area contributed by atoms with E-state index in [1.54, 1.807) is 6.20 Å². The minimum absolute atomic E-state index is 0.0479. The predicted octanol–water partition coefficient (Wildman–Crippen LogP) is 2.96. The number of anilines is 1. The van der Waals surface area contributed by atoms with Crippen molar-refractivity contribution < 1.29 is 14.3 Å². The number of benzene rings is 1. The Hall–Kier alpha value is -2.73. The molecular formula is C24H25N3O3. The lowest BCUT2D eigenvalue weighted by Gasteiger charge is -2.22. The van der Waals surface area contributed by atoms with Crippen molar-refractivity contribution in [2.45, 2.75) is 43.1 Å². The van der Waals surface area contributed by atoms with Gasteiger partial charge in [0.25, 0.3) is 0 Å². The molecule has 1 aromatic heterocycles. The van der Waals surface area contributed by atoms with Crippen molar-refractivity contribution in [1.29, 1.82) is 0 Å². The molecule has 1 N–H and O–H groups in total. The van der Waals surface area contributed by atoms with E-state index >= 15 is 0 Å². The van der Waals surface area contributed by atoms with E-state index in [0.29, 0.717) is 12.1 Å². The minimum Gasteiger partial charge on any atom is -0.449 e. The highest BCUT2D eigenvalue weighted by atomic mass is 16.6. The number of ether oxygens (including phenoxy) is 1. The quantitative estimate of drug-likeness (QED) is 0.625. The molecule has 1 saturated carbocycles. The molecule has 6 nitrogen and oxygen atoms in total. The fraction of sp³-hybridized carbons (Fsp3) is 0.458. The molecule has 4 aliphatic rings. The van der Waals surface area contributed by atoms with Crippen LogP contribution in [0.4, 0.5) is 5.69 Å². The van der Waals surface area contributed by atoms with E-state index < -0.39 is 17.0 Å². The number of fused-ring (bicyclic) bond motifs is 2. The van der Waals surface area contributed by atoms with Gasteiger partial charge in [0.2, 0.25) is 0 Å². The second-order valence-corrected chi connectivity index (χ2v) is 9.04. The molecule has 0 amide bonds. The fourth-order valence-corrected chi connectivity index (χ4v) is 5.45. The number of hydrogen-bond acceptors (Lipinski definition) is 6. The van der Waals surface area contributed by atoms with E-state index in [1.807, 2.05) is 6.07 Å². The Balaban J connectivity index is 1.35. The molecule has 0 bridgehead atoms. The van der Waals surface area contributed by atoms with Crippen LogP contribution in [0.3, 0.4) is 0 Å². The monoisotopic (exact) mass is 403 g/mol. The first-order valence-electron chi connectivity index (χ1n) is 11.0. The van der Waals surface area contributed by atoms with Gasteiger partial charge in [0, 0.05) is 43.5 Å². The summed E-state index contributed by atoms with van der Waals surface area (Å²) in [4.78, 5) is 33.2. The summed E-state index contributed by atoms with van der Waals surface area (Å²) in [7, 11) is 0. The standard InChI is InChI=1S/C24H25N3O3/c28-21(20-19-18(7-11-26-20)24(30-22(19)29)10-12-25-15-24)23(8-9-23)16-3-5-17(6-4-16)27-13-1-2-14-27/h3-7,11,25H,1-2,8-10,12-15H2. The third kappa shape index (κ3) is 2.49. The Bertz CT molecular complexity index is 1030. The maximum Gasteiger partial charge on any atom is 0.341 e. The summed E-state index contributed by atoms with van der Waals surface area (Å²) in [6.45, 7) is 3.59. The van der Waals surface area contributed by atoms with E-state index in [9.17, 15) is 9.59 Å². The molecule has 0 radical (unpaired) electrons. The SMILES string of the molecule is O=C1OC2(CCNC2)c2ccnc(C(=O)C3(c4ccc(N5CCCC5)cc4)CC3)c21. The summed E-state index contributed by atoms with van der Waals surface area (Å²) in [6.07, 6.45) is 6.45. The second-order valence-electron chi connectivity index (χ2n) is 9.04. The maximum absolute atomic E-state index is 13.7. The largest absolute Gasteiger partial charge is 0.449 e. The smallest absolute Gasteiger partial charge is 0.341 e. The highest BCUT2D eigenvalue weighted by molar-refractivity contribution is 6.12. The molecule has 6 rings (SSSR count). The van der Waals surface area contributed by atoms with Crippen LogP contribution in [-0.2, 0) is 15.8 Å². The van der Waals surface area contributed by atoms with Crippen molar-refractivity contribution in [2.75, 3.05) is 31.1 Å². The molecule has 2 saturated heterocycles. The Labute approximate surface area is 175 Å². The van der Waals surface area contributed by atoms with Gasteiger partial charge in [-0.2, -0.15) is 0 Å². The first-order chi connectivity index (χ1) is 14.6. The first kappa shape index (κ1) is 18.1. The number of nitrogens with one attached hydrogen (secondary N) is 1. The van der Waals surface area contributed by atoms with Crippen LogP contribution in [0.15, 0.2) is 36.5 Å². The zero-order chi connectivity index (χ0) is 20.3. The van der Waals surface area contributed by atoms with Gasteiger partial charge in [-0.3, -0.25) is 9.78 Å². The second kappa shape index (κ2) is 6.38. The Morgan fingerprint density at radius 3 is 2.50 bits per heavy atom. The molecule has 3 fully saturated rings. The normalized spacial score (nSPS) is 26.1. The number of ketones is 1. The van der Waals surface area contributed by atoms with Gasteiger partial charge >= 0.3 is 5.97 Å². The summed E-state index contributed by atoms with van der Waals surface area (Å²) >= 11 is 0. The van der Waals surface area contributed by atoms with Crippen molar-refractivity contribution in [1.82, 2.24) is 10.3 Å². The van der Waals surface area contributed by atoms with Gasteiger partial charge in [-0.15, -0.1) is 0 Å². The Kier molecular flexibility index (Phi) is 3.84. The van der Waals surface area contributed by atoms with Gasteiger partial charge in [0.05, 0.1) is 11.0 Å². The zero-order valence-corrected chi connectivity index (χ0v) is 16.9. The highest BCUT2D eigenvalue weighted by Gasteiger charge is 2.55. The van der Waals surface area contributed by atoms with Crippen LogP contribution < -0.4 is 10.2 Å². The van der Waals surface area contributed by atoms with Gasteiger partial charge in [-0.1, -0.05) is 12.1 Å². The lowest BCUT2D eigenvalue weighted by atomic mass is 9.85. The van der Waals surface area contributed by atoms with E-state index in [-0.39, 0.29) is 11.5 Å². The van der Waals surface area contributed by atoms with E-state index in [1.165, 1.54) is 18.5 Å². The van der Waals surface area contributed by atoms with E-state index in [0.717, 1.165) is 50.0 Å². The van der Waals surface area contributed by atoms with Crippen molar-refractivity contribution in [3.05, 3.63) is 58.9 Å². The van der Waals surface area contributed by atoms with Gasteiger partial charge in [0.15, 0.2) is 11.4 Å². The molecule has 1 spiro atoms. The van der Waals surface area contributed by atoms with Crippen LogP contribution in [0, 0.1) is 0 Å². The highest BCUT2D eigenvalue weighted by Crippen LogP contribution is 2.52. The zero-order valence-electron chi connectivity index (χ0n) is 16.9. The first-order valence-corrected chi connectivity index (χ1v) is 11.0. The number of esters is 1. The predicted molar refractivity (Wildman–Crippen MR) is 112 cm³/mol. The summed E-state index contributed by atoms with van der Waals surface area (Å²) < 4.78 is 5.78. The van der Waals surface area contributed by atoms with Gasteiger partial charge in [-0.05, 0) is 56.0 Å².